The van der Waals surface area contributed by atoms with E-state index in [0.29, 0.717) is 23.9 Å². The van der Waals surface area contributed by atoms with Crippen LogP contribution in [-0.4, -0.2) is 45.8 Å². The van der Waals surface area contributed by atoms with E-state index in [4.69, 9.17) is 20.5 Å². The summed E-state index contributed by atoms with van der Waals surface area (Å²) < 4.78 is 34.6. The van der Waals surface area contributed by atoms with Crippen LogP contribution in [0.2, 0.25) is 5.02 Å². The summed E-state index contributed by atoms with van der Waals surface area (Å²) in [4.78, 5) is 1.94. The molecule has 2 aromatic carbocycles. The summed E-state index contributed by atoms with van der Waals surface area (Å²) in [5.74, 6) is 1.00. The number of ether oxygens (including phenoxy) is 1. The first-order valence-electron chi connectivity index (χ1n) is 7.99. The Morgan fingerprint density at radius 1 is 1.00 bits per heavy atom. The number of hydrogen-bond acceptors (Lipinski definition) is 5. The van der Waals surface area contributed by atoms with Crippen LogP contribution in [0.5, 0.6) is 11.5 Å². The van der Waals surface area contributed by atoms with Gasteiger partial charge < -0.3 is 13.8 Å². The predicted molar refractivity (Wildman–Crippen MR) is 99.9 cm³/mol. The average Bonchev–Trinajstić information content (AvgIpc) is 2.58. The van der Waals surface area contributed by atoms with Gasteiger partial charge in [0.15, 0.2) is 0 Å². The van der Waals surface area contributed by atoms with E-state index >= 15 is 0 Å². The Balaban J connectivity index is 1.65. The molecule has 0 aliphatic rings. The van der Waals surface area contributed by atoms with Crippen molar-refractivity contribution >= 4 is 21.7 Å². The van der Waals surface area contributed by atoms with E-state index in [9.17, 15) is 8.42 Å². The third-order valence-electron chi connectivity index (χ3n) is 3.44. The molecular formula is C18H22ClNO4S. The topological polar surface area (TPSA) is 55.8 Å². The summed E-state index contributed by atoms with van der Waals surface area (Å²) in [7, 11) is -1.72. The first kappa shape index (κ1) is 19.6. The van der Waals surface area contributed by atoms with Gasteiger partial charge in [0.1, 0.15) is 11.5 Å². The van der Waals surface area contributed by atoms with Crippen molar-refractivity contribution in [2.24, 2.45) is 0 Å². The normalized spacial score (nSPS) is 11.5. The molecule has 0 unspecified atom stereocenters. The highest BCUT2D eigenvalue weighted by atomic mass is 35.5. The van der Waals surface area contributed by atoms with Crippen LogP contribution >= 0.6 is 11.6 Å². The second-order valence-electron chi connectivity index (χ2n) is 5.62. The van der Waals surface area contributed by atoms with Gasteiger partial charge in [0, 0.05) is 18.1 Å². The molecule has 0 amide bonds. The summed E-state index contributed by atoms with van der Waals surface area (Å²) in [6.07, 6.45) is 0.780. The fraction of sp³-hybridized carbons (Fsp3) is 0.333. The Labute approximate surface area is 154 Å². The van der Waals surface area contributed by atoms with Crippen molar-refractivity contribution in [1.82, 2.24) is 4.90 Å². The summed E-state index contributed by atoms with van der Waals surface area (Å²) in [5.41, 5.74) is 0. The smallest absolute Gasteiger partial charge is 0.310 e. The molecule has 0 aromatic heterocycles. The SMILES string of the molecule is CN(CCCOc1cccc(Cl)c1)CCS(=O)(=O)Oc1ccccc1. The third kappa shape index (κ3) is 7.77. The summed E-state index contributed by atoms with van der Waals surface area (Å²) in [6.45, 7) is 1.66. The van der Waals surface area contributed by atoms with E-state index in [0.717, 1.165) is 18.7 Å². The van der Waals surface area contributed by atoms with E-state index in [2.05, 4.69) is 0 Å². The van der Waals surface area contributed by atoms with Gasteiger partial charge in [-0.3, -0.25) is 0 Å². The minimum absolute atomic E-state index is 0.0620. The number of rotatable bonds is 10. The molecule has 0 bridgehead atoms. The lowest BCUT2D eigenvalue weighted by atomic mass is 10.3. The molecule has 0 heterocycles. The Hall–Kier alpha value is -1.76. The third-order valence-corrected chi connectivity index (χ3v) is 4.80. The highest BCUT2D eigenvalue weighted by molar-refractivity contribution is 7.87. The fourth-order valence-electron chi connectivity index (χ4n) is 2.13. The number of benzene rings is 2. The Bertz CT molecular complexity index is 753. The molecule has 136 valence electrons. The van der Waals surface area contributed by atoms with Gasteiger partial charge in [-0.05, 0) is 43.8 Å². The summed E-state index contributed by atoms with van der Waals surface area (Å²) in [6, 6.07) is 15.7. The Morgan fingerprint density at radius 3 is 2.44 bits per heavy atom. The number of para-hydroxylation sites is 1. The molecule has 5 nitrogen and oxygen atoms in total. The number of hydrogen-bond donors (Lipinski definition) is 0. The van der Waals surface area contributed by atoms with E-state index in [1.54, 1.807) is 42.5 Å². The van der Waals surface area contributed by atoms with Crippen LogP contribution in [-0.2, 0) is 10.1 Å². The van der Waals surface area contributed by atoms with Crippen molar-refractivity contribution < 1.29 is 17.3 Å². The molecule has 2 aromatic rings. The highest BCUT2D eigenvalue weighted by Gasteiger charge is 2.14. The van der Waals surface area contributed by atoms with Gasteiger partial charge in [-0.2, -0.15) is 8.42 Å². The van der Waals surface area contributed by atoms with Crippen LogP contribution in [0, 0.1) is 0 Å². The molecule has 0 N–H and O–H groups in total. The van der Waals surface area contributed by atoms with Gasteiger partial charge in [0.2, 0.25) is 0 Å². The number of nitrogens with zero attached hydrogens (tertiary/aromatic N) is 1. The quantitative estimate of drug-likeness (QED) is 0.464. The van der Waals surface area contributed by atoms with Gasteiger partial charge in [0.05, 0.1) is 12.4 Å². The molecule has 2 rings (SSSR count). The molecule has 0 aliphatic carbocycles. The van der Waals surface area contributed by atoms with Gasteiger partial charge >= 0.3 is 10.1 Å². The largest absolute Gasteiger partial charge is 0.493 e. The standard InChI is InChI=1S/C18H22ClNO4S/c1-20(11-6-13-23-18-10-5-7-16(19)15-18)12-14-25(21,22)24-17-8-3-2-4-9-17/h2-5,7-10,15H,6,11-14H2,1H3. The van der Waals surface area contributed by atoms with Crippen LogP contribution in [0.3, 0.4) is 0 Å². The molecule has 0 saturated heterocycles. The zero-order valence-electron chi connectivity index (χ0n) is 14.1. The maximum absolute atomic E-state index is 12.0. The van der Waals surface area contributed by atoms with Crippen molar-refractivity contribution in [2.45, 2.75) is 6.42 Å². The molecule has 0 saturated carbocycles. The van der Waals surface area contributed by atoms with E-state index in [1.807, 2.05) is 24.1 Å². The summed E-state index contributed by atoms with van der Waals surface area (Å²) in [5, 5.41) is 0.637. The molecule has 25 heavy (non-hydrogen) atoms. The van der Waals surface area contributed by atoms with Crippen molar-refractivity contribution in [3.8, 4) is 11.5 Å². The van der Waals surface area contributed by atoms with Gasteiger partial charge in [0.25, 0.3) is 0 Å². The van der Waals surface area contributed by atoms with Gasteiger partial charge in [-0.1, -0.05) is 35.9 Å². The first-order chi connectivity index (χ1) is 11.9. The van der Waals surface area contributed by atoms with Crippen LogP contribution in [0.4, 0.5) is 0 Å². The van der Waals surface area contributed by atoms with Crippen LogP contribution in [0.15, 0.2) is 54.6 Å². The fourth-order valence-corrected chi connectivity index (χ4v) is 3.33. The van der Waals surface area contributed by atoms with Crippen LogP contribution in [0.25, 0.3) is 0 Å². The molecular weight excluding hydrogens is 362 g/mol. The Morgan fingerprint density at radius 2 is 1.72 bits per heavy atom. The lowest BCUT2D eigenvalue weighted by Gasteiger charge is -2.16. The maximum Gasteiger partial charge on any atom is 0.310 e. The molecule has 0 fully saturated rings. The molecule has 0 aliphatic heterocycles. The second kappa shape index (κ2) is 9.65. The second-order valence-corrected chi connectivity index (χ2v) is 7.75. The van der Waals surface area contributed by atoms with Crippen molar-refractivity contribution in [2.75, 3.05) is 32.5 Å². The maximum atomic E-state index is 12.0. The molecule has 0 spiro atoms. The van der Waals surface area contributed by atoms with Crippen LogP contribution in [0.1, 0.15) is 6.42 Å². The predicted octanol–water partition coefficient (Wildman–Crippen LogP) is 3.45. The highest BCUT2D eigenvalue weighted by Crippen LogP contribution is 2.17. The van der Waals surface area contributed by atoms with Crippen molar-refractivity contribution in [1.29, 1.82) is 0 Å². The monoisotopic (exact) mass is 383 g/mol. The van der Waals surface area contributed by atoms with Gasteiger partial charge in [-0.15, -0.1) is 0 Å². The summed E-state index contributed by atoms with van der Waals surface area (Å²) >= 11 is 5.89. The zero-order chi connectivity index (χ0) is 18.1. The molecule has 0 atom stereocenters. The first-order valence-corrected chi connectivity index (χ1v) is 9.94. The lowest BCUT2D eigenvalue weighted by molar-refractivity contribution is 0.268. The van der Waals surface area contributed by atoms with Crippen molar-refractivity contribution in [3.05, 3.63) is 59.6 Å². The van der Waals surface area contributed by atoms with Crippen molar-refractivity contribution in [3.63, 3.8) is 0 Å². The van der Waals surface area contributed by atoms with Crippen LogP contribution < -0.4 is 8.92 Å². The van der Waals surface area contributed by atoms with E-state index < -0.39 is 10.1 Å². The minimum Gasteiger partial charge on any atom is -0.493 e. The average molecular weight is 384 g/mol. The number of halogens is 1. The minimum atomic E-state index is -3.60. The zero-order valence-corrected chi connectivity index (χ0v) is 15.7. The van der Waals surface area contributed by atoms with E-state index in [1.165, 1.54) is 0 Å². The molecule has 7 heteroatoms. The lowest BCUT2D eigenvalue weighted by Crippen LogP contribution is -2.29. The molecule has 0 radical (unpaired) electrons. The van der Waals surface area contributed by atoms with E-state index in [-0.39, 0.29) is 5.75 Å². The van der Waals surface area contributed by atoms with Gasteiger partial charge in [-0.25, -0.2) is 0 Å². The Kier molecular flexibility index (Phi) is 7.55.